The first-order chi connectivity index (χ1) is 7.92. The van der Waals surface area contributed by atoms with Crippen LogP contribution in [0.1, 0.15) is 6.42 Å². The van der Waals surface area contributed by atoms with Gasteiger partial charge in [0.05, 0.1) is 11.7 Å². The average Bonchev–Trinajstić information content (AvgIpc) is 2.82. The molecule has 3 rings (SSSR count). The molecule has 2 N–H and O–H groups in total. The normalized spacial score (nSPS) is 20.1. The number of nitrogens with one attached hydrogen (secondary N) is 2. The third-order valence-corrected chi connectivity index (χ3v) is 2.78. The summed E-state index contributed by atoms with van der Waals surface area (Å²) in [6, 6.07) is 2.35. The monoisotopic (exact) mass is 215 g/mol. The van der Waals surface area contributed by atoms with Crippen LogP contribution in [0.3, 0.4) is 0 Å². The highest BCUT2D eigenvalue weighted by Crippen LogP contribution is 2.12. The molecule has 2 aromatic heterocycles. The zero-order chi connectivity index (χ0) is 10.8. The Hall–Kier alpha value is -1.75. The summed E-state index contributed by atoms with van der Waals surface area (Å²) in [5.74, 6) is 0.689. The van der Waals surface area contributed by atoms with Crippen molar-refractivity contribution in [2.75, 3.05) is 18.4 Å². The van der Waals surface area contributed by atoms with E-state index in [1.165, 1.54) is 0 Å². The molecule has 1 fully saturated rings. The molecule has 0 aliphatic carbocycles. The molecule has 5 heteroatoms. The van der Waals surface area contributed by atoms with Crippen LogP contribution in [0, 0.1) is 0 Å². The first kappa shape index (κ1) is 9.47. The molecule has 82 valence electrons. The minimum Gasteiger partial charge on any atom is -0.350 e. The van der Waals surface area contributed by atoms with Crippen molar-refractivity contribution in [3.63, 3.8) is 0 Å². The summed E-state index contributed by atoms with van der Waals surface area (Å²) in [7, 11) is 0. The lowest BCUT2D eigenvalue weighted by Crippen LogP contribution is -2.23. The maximum atomic E-state index is 4.43. The van der Waals surface area contributed by atoms with E-state index in [1.807, 2.05) is 12.3 Å². The summed E-state index contributed by atoms with van der Waals surface area (Å²) >= 11 is 0. The summed E-state index contributed by atoms with van der Waals surface area (Å²) in [5, 5.41) is 7.64. The van der Waals surface area contributed by atoms with Crippen molar-refractivity contribution in [3.8, 4) is 0 Å². The Morgan fingerprint density at radius 3 is 3.25 bits per heavy atom. The van der Waals surface area contributed by atoms with Gasteiger partial charge in [0.2, 0.25) is 5.95 Å². The van der Waals surface area contributed by atoms with Crippen molar-refractivity contribution in [3.05, 3.63) is 24.7 Å². The molecule has 2 aromatic rings. The fraction of sp³-hybridized carbons (Fsp3) is 0.364. The van der Waals surface area contributed by atoms with Gasteiger partial charge in [-0.3, -0.25) is 4.98 Å². The van der Waals surface area contributed by atoms with E-state index in [1.54, 1.807) is 12.4 Å². The van der Waals surface area contributed by atoms with Crippen LogP contribution >= 0.6 is 0 Å². The summed E-state index contributed by atoms with van der Waals surface area (Å²) in [6.07, 6.45) is 6.46. The van der Waals surface area contributed by atoms with Crippen LogP contribution in [-0.2, 0) is 0 Å². The summed E-state index contributed by atoms with van der Waals surface area (Å²) in [6.45, 7) is 2.04. The lowest BCUT2D eigenvalue weighted by molar-refractivity contribution is 0.782. The molecule has 1 unspecified atom stereocenters. The highest BCUT2D eigenvalue weighted by Gasteiger charge is 2.14. The summed E-state index contributed by atoms with van der Waals surface area (Å²) in [5.41, 5.74) is 0.881. The lowest BCUT2D eigenvalue weighted by Gasteiger charge is -2.10. The molecule has 5 nitrogen and oxygen atoms in total. The molecule has 0 spiro atoms. The van der Waals surface area contributed by atoms with E-state index in [4.69, 9.17) is 0 Å². The number of aromatic nitrogens is 3. The smallest absolute Gasteiger partial charge is 0.223 e. The van der Waals surface area contributed by atoms with Crippen LogP contribution in [0.15, 0.2) is 24.7 Å². The molecule has 0 aromatic carbocycles. The molecule has 1 aliphatic heterocycles. The Balaban J connectivity index is 1.86. The van der Waals surface area contributed by atoms with E-state index in [9.17, 15) is 0 Å². The predicted molar refractivity (Wildman–Crippen MR) is 62.2 cm³/mol. The number of hydrogen-bond donors (Lipinski definition) is 2. The molecule has 1 saturated heterocycles. The average molecular weight is 215 g/mol. The predicted octanol–water partition coefficient (Wildman–Crippen LogP) is 0.799. The molecular weight excluding hydrogens is 202 g/mol. The van der Waals surface area contributed by atoms with Gasteiger partial charge in [0.1, 0.15) is 0 Å². The largest absolute Gasteiger partial charge is 0.350 e. The van der Waals surface area contributed by atoms with Gasteiger partial charge < -0.3 is 10.6 Å². The topological polar surface area (TPSA) is 62.7 Å². The highest BCUT2D eigenvalue weighted by molar-refractivity contribution is 5.77. The quantitative estimate of drug-likeness (QED) is 0.775. The molecular formula is C11H13N5. The Morgan fingerprint density at radius 1 is 1.38 bits per heavy atom. The molecule has 3 heterocycles. The number of anilines is 1. The number of fused-ring (bicyclic) bond motifs is 1. The van der Waals surface area contributed by atoms with Gasteiger partial charge in [0, 0.05) is 30.4 Å². The van der Waals surface area contributed by atoms with Crippen LogP contribution < -0.4 is 10.6 Å². The Morgan fingerprint density at radius 2 is 2.38 bits per heavy atom. The Bertz CT molecular complexity index is 492. The summed E-state index contributed by atoms with van der Waals surface area (Å²) < 4.78 is 0. The van der Waals surface area contributed by atoms with Crippen LogP contribution in [0.5, 0.6) is 0 Å². The van der Waals surface area contributed by atoms with Crippen molar-refractivity contribution in [2.24, 2.45) is 0 Å². The van der Waals surface area contributed by atoms with Crippen LogP contribution in [0.4, 0.5) is 5.95 Å². The van der Waals surface area contributed by atoms with Gasteiger partial charge in [-0.2, -0.15) is 0 Å². The minimum atomic E-state index is 0.439. The zero-order valence-electron chi connectivity index (χ0n) is 8.85. The minimum absolute atomic E-state index is 0.439. The fourth-order valence-electron chi connectivity index (χ4n) is 1.90. The number of rotatable bonds is 2. The van der Waals surface area contributed by atoms with Gasteiger partial charge >= 0.3 is 0 Å². The Labute approximate surface area is 93.3 Å². The third-order valence-electron chi connectivity index (χ3n) is 2.78. The van der Waals surface area contributed by atoms with E-state index >= 15 is 0 Å². The highest BCUT2D eigenvalue weighted by atomic mass is 15.1. The summed E-state index contributed by atoms with van der Waals surface area (Å²) in [4.78, 5) is 12.8. The van der Waals surface area contributed by atoms with E-state index in [-0.39, 0.29) is 0 Å². The SMILES string of the molecule is c1cc2cnc(NC3CCNC3)nc2cn1. The standard InChI is InChI=1S/C11H13N5/c1-3-13-7-10-8(1)5-14-11(16-10)15-9-2-4-12-6-9/h1,3,5,7,9,12H,2,4,6H2,(H,14,15,16). The molecule has 0 radical (unpaired) electrons. The van der Waals surface area contributed by atoms with Crippen LogP contribution in [0.2, 0.25) is 0 Å². The van der Waals surface area contributed by atoms with Gasteiger partial charge in [-0.25, -0.2) is 9.97 Å². The zero-order valence-corrected chi connectivity index (χ0v) is 8.85. The molecule has 1 atom stereocenters. The Kier molecular flexibility index (Phi) is 2.38. The number of nitrogens with zero attached hydrogens (tertiary/aromatic N) is 3. The van der Waals surface area contributed by atoms with E-state index in [0.717, 1.165) is 30.4 Å². The van der Waals surface area contributed by atoms with Crippen LogP contribution in [0.25, 0.3) is 10.9 Å². The van der Waals surface area contributed by atoms with Gasteiger partial charge in [-0.05, 0) is 19.0 Å². The third kappa shape index (κ3) is 1.81. The first-order valence-electron chi connectivity index (χ1n) is 5.46. The lowest BCUT2D eigenvalue weighted by atomic mass is 10.3. The van der Waals surface area contributed by atoms with E-state index in [0.29, 0.717) is 12.0 Å². The molecule has 0 amide bonds. The van der Waals surface area contributed by atoms with Crippen molar-refractivity contribution in [1.82, 2.24) is 20.3 Å². The van der Waals surface area contributed by atoms with Gasteiger partial charge in [-0.1, -0.05) is 0 Å². The van der Waals surface area contributed by atoms with Crippen molar-refractivity contribution in [2.45, 2.75) is 12.5 Å². The maximum Gasteiger partial charge on any atom is 0.223 e. The molecule has 0 bridgehead atoms. The fourth-order valence-corrected chi connectivity index (χ4v) is 1.90. The van der Waals surface area contributed by atoms with E-state index in [2.05, 4.69) is 25.6 Å². The first-order valence-corrected chi connectivity index (χ1v) is 5.46. The van der Waals surface area contributed by atoms with Crippen molar-refractivity contribution < 1.29 is 0 Å². The van der Waals surface area contributed by atoms with Gasteiger partial charge in [0.25, 0.3) is 0 Å². The maximum absolute atomic E-state index is 4.43. The number of hydrogen-bond acceptors (Lipinski definition) is 5. The second-order valence-corrected chi connectivity index (χ2v) is 3.96. The second kappa shape index (κ2) is 4.02. The van der Waals surface area contributed by atoms with E-state index < -0.39 is 0 Å². The molecule has 16 heavy (non-hydrogen) atoms. The van der Waals surface area contributed by atoms with Crippen molar-refractivity contribution >= 4 is 16.9 Å². The molecule has 1 aliphatic rings. The van der Waals surface area contributed by atoms with Gasteiger partial charge in [-0.15, -0.1) is 0 Å². The van der Waals surface area contributed by atoms with Crippen molar-refractivity contribution in [1.29, 1.82) is 0 Å². The van der Waals surface area contributed by atoms with Crippen LogP contribution in [-0.4, -0.2) is 34.1 Å². The molecule has 0 saturated carbocycles. The second-order valence-electron chi connectivity index (χ2n) is 3.96. The number of pyridine rings is 1. The van der Waals surface area contributed by atoms with Gasteiger partial charge in [0.15, 0.2) is 0 Å².